The van der Waals surface area contributed by atoms with E-state index in [-0.39, 0.29) is 0 Å². The SMILES string of the molecule is CC.OC[C@@H]1CC[C@H]2COCCN12. The molecule has 0 aromatic carbocycles. The molecule has 2 saturated heterocycles. The lowest BCUT2D eigenvalue weighted by Gasteiger charge is -2.32. The third-order valence-electron chi connectivity index (χ3n) is 2.79. The molecule has 0 aromatic heterocycles. The second kappa shape index (κ2) is 5.58. The van der Waals surface area contributed by atoms with E-state index in [4.69, 9.17) is 9.84 Å². The first kappa shape index (κ1) is 11.0. The lowest BCUT2D eigenvalue weighted by molar-refractivity contribution is -0.0114. The van der Waals surface area contributed by atoms with Crippen LogP contribution in [0.5, 0.6) is 0 Å². The Morgan fingerprint density at radius 3 is 2.85 bits per heavy atom. The summed E-state index contributed by atoms with van der Waals surface area (Å²) in [5, 5.41) is 9.02. The number of hydrogen-bond acceptors (Lipinski definition) is 3. The number of morpholine rings is 1. The van der Waals surface area contributed by atoms with Gasteiger partial charge >= 0.3 is 0 Å². The van der Waals surface area contributed by atoms with Crippen LogP contribution >= 0.6 is 0 Å². The first-order valence-corrected chi connectivity index (χ1v) is 5.36. The molecule has 2 heterocycles. The molecule has 2 aliphatic rings. The predicted molar refractivity (Wildman–Crippen MR) is 52.8 cm³/mol. The van der Waals surface area contributed by atoms with Crippen LogP contribution in [0.1, 0.15) is 26.7 Å². The fourth-order valence-corrected chi connectivity index (χ4v) is 2.14. The Hall–Kier alpha value is -0.120. The summed E-state index contributed by atoms with van der Waals surface area (Å²) in [6, 6.07) is 1.02. The maximum Gasteiger partial charge on any atom is 0.0622 e. The molecule has 3 heteroatoms. The highest BCUT2D eigenvalue weighted by atomic mass is 16.5. The van der Waals surface area contributed by atoms with E-state index in [2.05, 4.69) is 4.90 Å². The van der Waals surface area contributed by atoms with E-state index >= 15 is 0 Å². The molecule has 3 nitrogen and oxygen atoms in total. The van der Waals surface area contributed by atoms with E-state index in [0.29, 0.717) is 18.7 Å². The first-order chi connectivity index (χ1) is 6.42. The van der Waals surface area contributed by atoms with Crippen LogP contribution in [0, 0.1) is 0 Å². The van der Waals surface area contributed by atoms with Crippen molar-refractivity contribution in [1.29, 1.82) is 0 Å². The van der Waals surface area contributed by atoms with Gasteiger partial charge in [0, 0.05) is 18.6 Å². The molecule has 78 valence electrons. The van der Waals surface area contributed by atoms with Crippen molar-refractivity contribution in [2.45, 2.75) is 38.8 Å². The van der Waals surface area contributed by atoms with Crippen molar-refractivity contribution in [3.8, 4) is 0 Å². The van der Waals surface area contributed by atoms with Gasteiger partial charge in [0.25, 0.3) is 0 Å². The molecule has 0 aromatic rings. The van der Waals surface area contributed by atoms with Crippen LogP contribution in [0.4, 0.5) is 0 Å². The number of aliphatic hydroxyl groups excluding tert-OH is 1. The standard InChI is InChI=1S/C8H15NO2.C2H6/c10-5-7-1-2-8-6-11-4-3-9(7)8;1-2/h7-8,10H,1-6H2;1-2H3/t7-,8-;/m0./s1. The highest BCUT2D eigenvalue weighted by molar-refractivity contribution is 4.88. The molecule has 13 heavy (non-hydrogen) atoms. The lowest BCUT2D eigenvalue weighted by atomic mass is 10.2. The van der Waals surface area contributed by atoms with Crippen molar-refractivity contribution in [3.05, 3.63) is 0 Å². The number of nitrogens with zero attached hydrogens (tertiary/aromatic N) is 1. The molecule has 0 amide bonds. The Morgan fingerprint density at radius 1 is 1.38 bits per heavy atom. The third kappa shape index (κ3) is 2.42. The van der Waals surface area contributed by atoms with Gasteiger partial charge in [-0.1, -0.05) is 13.8 Å². The van der Waals surface area contributed by atoms with Crippen LogP contribution in [0.3, 0.4) is 0 Å². The fraction of sp³-hybridized carbons (Fsp3) is 1.00. The molecule has 2 aliphatic heterocycles. The van der Waals surface area contributed by atoms with Gasteiger partial charge < -0.3 is 9.84 Å². The molecule has 0 aliphatic carbocycles. The van der Waals surface area contributed by atoms with E-state index in [1.807, 2.05) is 13.8 Å². The monoisotopic (exact) mass is 187 g/mol. The summed E-state index contributed by atoms with van der Waals surface area (Å²) in [5.74, 6) is 0. The van der Waals surface area contributed by atoms with Gasteiger partial charge in [-0.3, -0.25) is 4.90 Å². The molecular formula is C10H21NO2. The van der Waals surface area contributed by atoms with Crippen molar-refractivity contribution >= 4 is 0 Å². The zero-order valence-electron chi connectivity index (χ0n) is 8.70. The molecule has 0 radical (unpaired) electrons. The topological polar surface area (TPSA) is 32.7 Å². The maximum atomic E-state index is 9.02. The number of hydrogen-bond donors (Lipinski definition) is 1. The summed E-state index contributed by atoms with van der Waals surface area (Å²) in [4.78, 5) is 2.39. The lowest BCUT2D eigenvalue weighted by Crippen LogP contribution is -2.46. The quantitative estimate of drug-likeness (QED) is 0.661. The van der Waals surface area contributed by atoms with Crippen molar-refractivity contribution in [2.75, 3.05) is 26.4 Å². The van der Waals surface area contributed by atoms with Crippen molar-refractivity contribution in [3.63, 3.8) is 0 Å². The Kier molecular flexibility index (Phi) is 4.70. The molecule has 2 atom stereocenters. The van der Waals surface area contributed by atoms with E-state index < -0.39 is 0 Å². The molecular weight excluding hydrogens is 166 g/mol. The number of ether oxygens (including phenoxy) is 1. The minimum atomic E-state index is 0.316. The summed E-state index contributed by atoms with van der Waals surface area (Å²) in [6.45, 7) is 7.04. The van der Waals surface area contributed by atoms with Crippen LogP contribution in [-0.4, -0.2) is 48.5 Å². The van der Waals surface area contributed by atoms with E-state index in [9.17, 15) is 0 Å². The molecule has 0 unspecified atom stereocenters. The van der Waals surface area contributed by atoms with E-state index in [1.54, 1.807) is 0 Å². The zero-order valence-corrected chi connectivity index (χ0v) is 8.70. The van der Waals surface area contributed by atoms with Gasteiger partial charge in [0.05, 0.1) is 19.8 Å². The van der Waals surface area contributed by atoms with Crippen LogP contribution in [0.25, 0.3) is 0 Å². The molecule has 0 spiro atoms. The Morgan fingerprint density at radius 2 is 2.15 bits per heavy atom. The summed E-state index contributed by atoms with van der Waals surface area (Å²) < 4.78 is 5.35. The van der Waals surface area contributed by atoms with Crippen molar-refractivity contribution in [2.24, 2.45) is 0 Å². The maximum absolute atomic E-state index is 9.02. The van der Waals surface area contributed by atoms with Crippen molar-refractivity contribution < 1.29 is 9.84 Å². The second-order valence-electron chi connectivity index (χ2n) is 3.38. The fourth-order valence-electron chi connectivity index (χ4n) is 2.14. The number of rotatable bonds is 1. The predicted octanol–water partition coefficient (Wildman–Crippen LogP) is 0.868. The van der Waals surface area contributed by atoms with Crippen LogP contribution < -0.4 is 0 Å². The molecule has 2 rings (SSSR count). The van der Waals surface area contributed by atoms with Crippen LogP contribution in [0.2, 0.25) is 0 Å². The first-order valence-electron chi connectivity index (χ1n) is 5.36. The number of aliphatic hydroxyl groups is 1. The Balaban J connectivity index is 0.000000396. The van der Waals surface area contributed by atoms with E-state index in [0.717, 1.165) is 26.2 Å². The van der Waals surface area contributed by atoms with Gasteiger partial charge in [-0.05, 0) is 12.8 Å². The molecule has 2 fully saturated rings. The zero-order chi connectivity index (χ0) is 9.68. The third-order valence-corrected chi connectivity index (χ3v) is 2.79. The highest BCUT2D eigenvalue weighted by Crippen LogP contribution is 2.25. The normalized spacial score (nSPS) is 33.5. The summed E-state index contributed by atoms with van der Waals surface area (Å²) in [5.41, 5.74) is 0. The average Bonchev–Trinajstić information content (AvgIpc) is 2.64. The van der Waals surface area contributed by atoms with Gasteiger partial charge in [-0.25, -0.2) is 0 Å². The van der Waals surface area contributed by atoms with Crippen molar-refractivity contribution in [1.82, 2.24) is 4.90 Å². The van der Waals surface area contributed by atoms with Gasteiger partial charge in [0.15, 0.2) is 0 Å². The van der Waals surface area contributed by atoms with Crippen LogP contribution in [-0.2, 0) is 4.74 Å². The molecule has 1 N–H and O–H groups in total. The van der Waals surface area contributed by atoms with Gasteiger partial charge in [-0.15, -0.1) is 0 Å². The van der Waals surface area contributed by atoms with Gasteiger partial charge in [0.2, 0.25) is 0 Å². The summed E-state index contributed by atoms with van der Waals surface area (Å²) in [6.07, 6.45) is 2.34. The van der Waals surface area contributed by atoms with Crippen LogP contribution in [0.15, 0.2) is 0 Å². The minimum absolute atomic E-state index is 0.316. The van der Waals surface area contributed by atoms with E-state index in [1.165, 1.54) is 6.42 Å². The molecule has 0 bridgehead atoms. The summed E-state index contributed by atoms with van der Waals surface area (Å²) >= 11 is 0. The smallest absolute Gasteiger partial charge is 0.0622 e. The molecule has 0 saturated carbocycles. The minimum Gasteiger partial charge on any atom is -0.395 e. The van der Waals surface area contributed by atoms with Gasteiger partial charge in [-0.2, -0.15) is 0 Å². The average molecular weight is 187 g/mol. The Bertz CT molecular complexity index is 135. The summed E-state index contributed by atoms with van der Waals surface area (Å²) in [7, 11) is 0. The highest BCUT2D eigenvalue weighted by Gasteiger charge is 2.34. The Labute approximate surface area is 80.7 Å². The van der Waals surface area contributed by atoms with Gasteiger partial charge in [0.1, 0.15) is 0 Å². The number of fused-ring (bicyclic) bond motifs is 1. The second-order valence-corrected chi connectivity index (χ2v) is 3.38. The largest absolute Gasteiger partial charge is 0.395 e.